The third-order valence-electron chi connectivity index (χ3n) is 4.38. The molecule has 2 atom stereocenters. The first-order chi connectivity index (χ1) is 10.3. The molecule has 0 bridgehead atoms. The normalized spacial score (nSPS) is 23.2. The highest BCUT2D eigenvalue weighted by molar-refractivity contribution is 5.45. The van der Waals surface area contributed by atoms with Crippen LogP contribution >= 0.6 is 0 Å². The molecule has 2 heterocycles. The van der Waals surface area contributed by atoms with Crippen LogP contribution in [0.15, 0.2) is 18.2 Å². The van der Waals surface area contributed by atoms with Crippen LogP contribution in [0.2, 0.25) is 0 Å². The summed E-state index contributed by atoms with van der Waals surface area (Å²) < 4.78 is 16.4. The van der Waals surface area contributed by atoms with E-state index in [9.17, 15) is 0 Å². The number of rotatable bonds is 5. The van der Waals surface area contributed by atoms with Gasteiger partial charge >= 0.3 is 0 Å². The maximum Gasteiger partial charge on any atom is 0.231 e. The maximum absolute atomic E-state index is 5.50. The van der Waals surface area contributed by atoms with Crippen molar-refractivity contribution in [2.45, 2.75) is 25.0 Å². The van der Waals surface area contributed by atoms with Gasteiger partial charge in [0.2, 0.25) is 6.79 Å². The van der Waals surface area contributed by atoms with E-state index < -0.39 is 0 Å². The molecule has 5 heteroatoms. The van der Waals surface area contributed by atoms with E-state index >= 15 is 0 Å². The Kier molecular flexibility index (Phi) is 4.63. The Morgan fingerprint density at radius 2 is 2.24 bits per heavy atom. The third-order valence-corrected chi connectivity index (χ3v) is 4.38. The molecule has 1 N–H and O–H groups in total. The van der Waals surface area contributed by atoms with E-state index in [1.54, 1.807) is 0 Å². The second kappa shape index (κ2) is 6.64. The lowest BCUT2D eigenvalue weighted by atomic mass is 10.0. The SMILES string of the molecule is CNC(CN1CCCC(OC)C1)c1ccc2c(c1)OCO2. The van der Waals surface area contributed by atoms with Gasteiger partial charge in [-0.05, 0) is 44.1 Å². The minimum Gasteiger partial charge on any atom is -0.454 e. The zero-order valence-electron chi connectivity index (χ0n) is 12.8. The van der Waals surface area contributed by atoms with Crippen molar-refractivity contribution in [1.29, 1.82) is 0 Å². The monoisotopic (exact) mass is 292 g/mol. The summed E-state index contributed by atoms with van der Waals surface area (Å²) in [4.78, 5) is 2.48. The molecule has 1 aromatic carbocycles. The Balaban J connectivity index is 1.67. The number of fused-ring (bicyclic) bond motifs is 1. The van der Waals surface area contributed by atoms with Gasteiger partial charge in [-0.2, -0.15) is 0 Å². The topological polar surface area (TPSA) is 43.0 Å². The third kappa shape index (κ3) is 3.31. The largest absolute Gasteiger partial charge is 0.454 e. The summed E-state index contributed by atoms with van der Waals surface area (Å²) in [6, 6.07) is 6.49. The molecule has 1 fully saturated rings. The van der Waals surface area contributed by atoms with Crippen molar-refractivity contribution >= 4 is 0 Å². The number of benzene rings is 1. The molecule has 0 radical (unpaired) electrons. The van der Waals surface area contributed by atoms with Crippen molar-refractivity contribution in [2.24, 2.45) is 0 Å². The average molecular weight is 292 g/mol. The van der Waals surface area contributed by atoms with Crippen molar-refractivity contribution < 1.29 is 14.2 Å². The first-order valence-corrected chi connectivity index (χ1v) is 7.62. The number of likely N-dealkylation sites (tertiary alicyclic amines) is 1. The summed E-state index contributed by atoms with van der Waals surface area (Å²) in [5, 5.41) is 3.41. The van der Waals surface area contributed by atoms with Crippen molar-refractivity contribution in [3.05, 3.63) is 23.8 Å². The summed E-state index contributed by atoms with van der Waals surface area (Å²) in [6.07, 6.45) is 2.74. The summed E-state index contributed by atoms with van der Waals surface area (Å²) >= 11 is 0. The Morgan fingerprint density at radius 3 is 3.05 bits per heavy atom. The number of nitrogens with one attached hydrogen (secondary N) is 1. The molecular weight excluding hydrogens is 268 g/mol. The van der Waals surface area contributed by atoms with Crippen molar-refractivity contribution in [2.75, 3.05) is 40.6 Å². The standard InChI is InChI=1S/C16H24N2O3/c1-17-14(10-18-7-3-4-13(9-18)19-2)12-5-6-15-16(8-12)21-11-20-15/h5-6,8,13-14,17H,3-4,7,9-11H2,1-2H3. The van der Waals surface area contributed by atoms with Crippen LogP contribution in [0.5, 0.6) is 11.5 Å². The van der Waals surface area contributed by atoms with Crippen LogP contribution in [0.4, 0.5) is 0 Å². The molecule has 116 valence electrons. The van der Waals surface area contributed by atoms with E-state index in [0.717, 1.165) is 31.1 Å². The molecule has 0 aliphatic carbocycles. The van der Waals surface area contributed by atoms with Gasteiger partial charge < -0.3 is 19.5 Å². The summed E-state index contributed by atoms with van der Waals surface area (Å²) in [7, 11) is 3.81. The Labute approximate surface area is 126 Å². The molecular formula is C16H24N2O3. The molecule has 2 unspecified atom stereocenters. The Morgan fingerprint density at radius 1 is 1.38 bits per heavy atom. The fraction of sp³-hybridized carbons (Fsp3) is 0.625. The fourth-order valence-electron chi connectivity index (χ4n) is 3.12. The predicted molar refractivity (Wildman–Crippen MR) is 80.8 cm³/mol. The fourth-order valence-corrected chi connectivity index (χ4v) is 3.12. The molecule has 2 aliphatic heterocycles. The number of hydrogen-bond acceptors (Lipinski definition) is 5. The van der Waals surface area contributed by atoms with E-state index in [-0.39, 0.29) is 6.04 Å². The number of hydrogen-bond donors (Lipinski definition) is 1. The predicted octanol–water partition coefficient (Wildman–Crippen LogP) is 1.79. The van der Waals surface area contributed by atoms with E-state index in [1.807, 2.05) is 20.2 Å². The zero-order chi connectivity index (χ0) is 14.7. The van der Waals surface area contributed by atoms with Crippen LogP contribution in [0, 0.1) is 0 Å². The highest BCUT2D eigenvalue weighted by atomic mass is 16.7. The Hall–Kier alpha value is -1.30. The van der Waals surface area contributed by atoms with Crippen LogP contribution in [0.25, 0.3) is 0 Å². The first kappa shape index (κ1) is 14.6. The second-order valence-electron chi connectivity index (χ2n) is 5.71. The number of nitrogens with zero attached hydrogens (tertiary/aromatic N) is 1. The van der Waals surface area contributed by atoms with Gasteiger partial charge in [0.1, 0.15) is 0 Å². The lowest BCUT2D eigenvalue weighted by Gasteiger charge is -2.34. The van der Waals surface area contributed by atoms with E-state index in [0.29, 0.717) is 12.9 Å². The molecule has 0 amide bonds. The van der Waals surface area contributed by atoms with Crippen LogP contribution in [0.3, 0.4) is 0 Å². The quantitative estimate of drug-likeness (QED) is 0.896. The molecule has 1 aromatic rings. The van der Waals surface area contributed by atoms with Crippen LogP contribution < -0.4 is 14.8 Å². The van der Waals surface area contributed by atoms with E-state index in [1.165, 1.54) is 18.4 Å². The van der Waals surface area contributed by atoms with Gasteiger partial charge in [-0.25, -0.2) is 0 Å². The number of piperidine rings is 1. The maximum atomic E-state index is 5.50. The average Bonchev–Trinajstić information content (AvgIpc) is 3.00. The molecule has 3 rings (SSSR count). The van der Waals surface area contributed by atoms with Gasteiger partial charge in [-0.3, -0.25) is 4.90 Å². The highest BCUT2D eigenvalue weighted by Gasteiger charge is 2.23. The minimum atomic E-state index is 0.287. The second-order valence-corrected chi connectivity index (χ2v) is 5.71. The summed E-state index contributed by atoms with van der Waals surface area (Å²) in [5.74, 6) is 1.69. The highest BCUT2D eigenvalue weighted by Crippen LogP contribution is 2.34. The molecule has 0 spiro atoms. The summed E-state index contributed by atoms with van der Waals surface area (Å²) in [6.45, 7) is 3.46. The van der Waals surface area contributed by atoms with Gasteiger partial charge in [0, 0.05) is 26.2 Å². The van der Waals surface area contributed by atoms with Crippen LogP contribution in [0.1, 0.15) is 24.4 Å². The lowest BCUT2D eigenvalue weighted by molar-refractivity contribution is 0.0283. The van der Waals surface area contributed by atoms with Crippen molar-refractivity contribution in [3.8, 4) is 11.5 Å². The lowest BCUT2D eigenvalue weighted by Crippen LogP contribution is -2.43. The molecule has 2 aliphatic rings. The molecule has 5 nitrogen and oxygen atoms in total. The number of likely N-dealkylation sites (N-methyl/N-ethyl adjacent to an activating group) is 1. The van der Waals surface area contributed by atoms with Gasteiger partial charge in [0.05, 0.1) is 6.10 Å². The van der Waals surface area contributed by atoms with Gasteiger partial charge in [0.15, 0.2) is 11.5 Å². The minimum absolute atomic E-state index is 0.287. The Bertz CT molecular complexity index is 481. The van der Waals surface area contributed by atoms with Crippen molar-refractivity contribution in [3.63, 3.8) is 0 Å². The van der Waals surface area contributed by atoms with E-state index in [2.05, 4.69) is 22.3 Å². The van der Waals surface area contributed by atoms with Gasteiger partial charge in [0.25, 0.3) is 0 Å². The molecule has 0 saturated carbocycles. The zero-order valence-corrected chi connectivity index (χ0v) is 12.8. The first-order valence-electron chi connectivity index (χ1n) is 7.62. The molecule has 21 heavy (non-hydrogen) atoms. The van der Waals surface area contributed by atoms with Crippen LogP contribution in [-0.4, -0.2) is 51.6 Å². The number of ether oxygens (including phenoxy) is 3. The molecule has 0 aromatic heterocycles. The van der Waals surface area contributed by atoms with Gasteiger partial charge in [-0.15, -0.1) is 0 Å². The van der Waals surface area contributed by atoms with Gasteiger partial charge in [-0.1, -0.05) is 6.07 Å². The summed E-state index contributed by atoms with van der Waals surface area (Å²) in [5.41, 5.74) is 1.24. The smallest absolute Gasteiger partial charge is 0.231 e. The van der Waals surface area contributed by atoms with E-state index in [4.69, 9.17) is 14.2 Å². The van der Waals surface area contributed by atoms with Crippen LogP contribution in [-0.2, 0) is 4.74 Å². The molecule has 1 saturated heterocycles. The number of methoxy groups -OCH3 is 1. The van der Waals surface area contributed by atoms with Crippen molar-refractivity contribution in [1.82, 2.24) is 10.2 Å².